The van der Waals surface area contributed by atoms with Crippen LogP contribution in [0.4, 0.5) is 11.6 Å². The molecule has 0 aliphatic carbocycles. The van der Waals surface area contributed by atoms with Crippen LogP contribution in [0.25, 0.3) is 0 Å². The van der Waals surface area contributed by atoms with Gasteiger partial charge < -0.3 is 10.6 Å². The lowest BCUT2D eigenvalue weighted by Crippen LogP contribution is -2.31. The standard InChI is InChI=1S/C28H26ClN5OS/c1-17-9-10-18(2)21(15-17)16-36-28-32-27-30-19(3)24(26(35)31-23-7-5-4-6-8-23)25(34(27)33-28)20-11-13-22(29)14-12-20/h4-15,25H,16H2,1-3H3,(H,31,35)(H,30,32,33)/t25-/m1/s1. The van der Waals surface area contributed by atoms with Crippen LogP contribution in [0, 0.1) is 13.8 Å². The molecule has 1 atom stereocenters. The fourth-order valence-corrected chi connectivity index (χ4v) is 5.28. The van der Waals surface area contributed by atoms with E-state index in [1.165, 1.54) is 16.7 Å². The molecule has 0 bridgehead atoms. The maximum Gasteiger partial charge on any atom is 0.255 e. The predicted octanol–water partition coefficient (Wildman–Crippen LogP) is 6.77. The number of fused-ring (bicyclic) bond motifs is 1. The fourth-order valence-electron chi connectivity index (χ4n) is 4.26. The Bertz CT molecular complexity index is 1450. The SMILES string of the molecule is CC1=C(C(=O)Nc2ccccc2)[C@@H](c2ccc(Cl)cc2)n2nc(SCc3cc(C)ccc3C)nc2N1. The average molecular weight is 516 g/mol. The molecule has 0 radical (unpaired) electrons. The lowest BCUT2D eigenvalue weighted by molar-refractivity contribution is -0.113. The predicted molar refractivity (Wildman–Crippen MR) is 146 cm³/mol. The van der Waals surface area contributed by atoms with Gasteiger partial charge in [-0.1, -0.05) is 77.5 Å². The van der Waals surface area contributed by atoms with E-state index < -0.39 is 6.04 Å². The Hall–Kier alpha value is -3.55. The summed E-state index contributed by atoms with van der Waals surface area (Å²) in [7, 11) is 0. The van der Waals surface area contributed by atoms with Crippen molar-refractivity contribution in [1.29, 1.82) is 0 Å². The molecule has 0 spiro atoms. The van der Waals surface area contributed by atoms with Gasteiger partial charge in [-0.05, 0) is 61.7 Å². The number of hydrogen-bond donors (Lipinski definition) is 2. The molecule has 1 aliphatic rings. The minimum absolute atomic E-state index is 0.197. The quantitative estimate of drug-likeness (QED) is 0.277. The van der Waals surface area contributed by atoms with Gasteiger partial charge in [0, 0.05) is 22.2 Å². The molecule has 5 rings (SSSR count). The van der Waals surface area contributed by atoms with Crippen LogP contribution in [0.2, 0.25) is 5.02 Å². The van der Waals surface area contributed by atoms with Gasteiger partial charge in [-0.3, -0.25) is 4.79 Å². The number of carbonyl (C=O) groups is 1. The van der Waals surface area contributed by atoms with E-state index in [1.54, 1.807) is 16.4 Å². The van der Waals surface area contributed by atoms with E-state index in [4.69, 9.17) is 21.7 Å². The Kier molecular flexibility index (Phi) is 6.85. The van der Waals surface area contributed by atoms with Gasteiger partial charge in [0.25, 0.3) is 5.91 Å². The summed E-state index contributed by atoms with van der Waals surface area (Å²) < 4.78 is 1.79. The highest BCUT2D eigenvalue weighted by Gasteiger charge is 2.34. The summed E-state index contributed by atoms with van der Waals surface area (Å²) in [5.74, 6) is 1.17. The van der Waals surface area contributed by atoms with E-state index in [9.17, 15) is 4.79 Å². The Morgan fingerprint density at radius 3 is 2.56 bits per heavy atom. The summed E-state index contributed by atoms with van der Waals surface area (Å²) >= 11 is 7.75. The maximum atomic E-state index is 13.5. The number of nitrogens with zero attached hydrogens (tertiary/aromatic N) is 3. The Balaban J connectivity index is 1.49. The summed E-state index contributed by atoms with van der Waals surface area (Å²) in [6, 6.07) is 22.9. The summed E-state index contributed by atoms with van der Waals surface area (Å²) in [5, 5.41) is 12.4. The monoisotopic (exact) mass is 515 g/mol. The van der Waals surface area contributed by atoms with Gasteiger partial charge in [0.1, 0.15) is 6.04 Å². The molecule has 36 heavy (non-hydrogen) atoms. The zero-order chi connectivity index (χ0) is 25.2. The maximum absolute atomic E-state index is 13.5. The van der Waals surface area contributed by atoms with Crippen LogP contribution in [0.15, 0.2) is 89.2 Å². The molecule has 0 fully saturated rings. The minimum atomic E-state index is -0.454. The first-order valence-electron chi connectivity index (χ1n) is 11.6. The number of amides is 1. The van der Waals surface area contributed by atoms with E-state index in [0.29, 0.717) is 21.7 Å². The number of thioether (sulfide) groups is 1. The second kappa shape index (κ2) is 10.2. The molecular formula is C28H26ClN5OS. The van der Waals surface area contributed by atoms with Crippen LogP contribution < -0.4 is 10.6 Å². The van der Waals surface area contributed by atoms with Gasteiger partial charge in [0.15, 0.2) is 0 Å². The van der Waals surface area contributed by atoms with Crippen molar-refractivity contribution in [1.82, 2.24) is 14.8 Å². The summed E-state index contributed by atoms with van der Waals surface area (Å²) in [5.41, 5.74) is 6.66. The zero-order valence-electron chi connectivity index (χ0n) is 20.2. The number of allylic oxidation sites excluding steroid dienone is 1. The Morgan fingerprint density at radius 1 is 1.06 bits per heavy atom. The Labute approximate surface area is 219 Å². The molecule has 1 aliphatic heterocycles. The fraction of sp³-hybridized carbons (Fsp3) is 0.179. The summed E-state index contributed by atoms with van der Waals surface area (Å²) in [4.78, 5) is 18.3. The molecule has 6 nitrogen and oxygen atoms in total. The van der Waals surface area contributed by atoms with E-state index >= 15 is 0 Å². The first-order chi connectivity index (χ1) is 17.4. The summed E-state index contributed by atoms with van der Waals surface area (Å²) in [6.45, 7) is 6.10. The second-order valence-corrected chi connectivity index (χ2v) is 10.2. The van der Waals surface area contributed by atoms with Crippen molar-refractivity contribution in [2.45, 2.75) is 37.7 Å². The minimum Gasteiger partial charge on any atom is -0.328 e. The largest absolute Gasteiger partial charge is 0.328 e. The first kappa shape index (κ1) is 24.2. The molecular weight excluding hydrogens is 490 g/mol. The number of benzene rings is 3. The molecule has 4 aromatic rings. The number of aryl methyl sites for hydroxylation is 2. The molecule has 8 heteroatoms. The van der Waals surface area contributed by atoms with E-state index in [2.05, 4.69) is 42.7 Å². The van der Waals surface area contributed by atoms with Crippen LogP contribution in [0.5, 0.6) is 0 Å². The third-order valence-electron chi connectivity index (χ3n) is 6.16. The number of halogens is 1. The van der Waals surface area contributed by atoms with E-state index in [-0.39, 0.29) is 5.91 Å². The van der Waals surface area contributed by atoms with E-state index in [0.717, 1.165) is 22.7 Å². The topological polar surface area (TPSA) is 71.8 Å². The number of anilines is 2. The number of para-hydroxylation sites is 1. The molecule has 1 amide bonds. The third kappa shape index (κ3) is 5.03. The van der Waals surface area contributed by atoms with Crippen LogP contribution in [0.3, 0.4) is 0 Å². The van der Waals surface area contributed by atoms with E-state index in [1.807, 2.05) is 61.5 Å². The highest BCUT2D eigenvalue weighted by molar-refractivity contribution is 7.98. The lowest BCUT2D eigenvalue weighted by atomic mass is 9.95. The van der Waals surface area contributed by atoms with Crippen LogP contribution in [-0.4, -0.2) is 20.7 Å². The molecule has 0 saturated carbocycles. The molecule has 2 heterocycles. The van der Waals surface area contributed by atoms with Crippen LogP contribution in [0.1, 0.15) is 35.2 Å². The molecule has 182 valence electrons. The van der Waals surface area contributed by atoms with Gasteiger partial charge in [0.2, 0.25) is 11.1 Å². The number of rotatable bonds is 6. The lowest BCUT2D eigenvalue weighted by Gasteiger charge is -2.28. The Morgan fingerprint density at radius 2 is 1.81 bits per heavy atom. The smallest absolute Gasteiger partial charge is 0.255 e. The second-order valence-electron chi connectivity index (χ2n) is 8.82. The molecule has 2 N–H and O–H groups in total. The first-order valence-corrected chi connectivity index (χ1v) is 13.0. The van der Waals surface area contributed by atoms with Gasteiger partial charge >= 0.3 is 0 Å². The molecule has 0 unspecified atom stereocenters. The van der Waals surface area contributed by atoms with Gasteiger partial charge in [-0.15, -0.1) is 5.10 Å². The van der Waals surface area contributed by atoms with Crippen molar-refractivity contribution in [2.24, 2.45) is 0 Å². The van der Waals surface area contributed by atoms with Gasteiger partial charge in [0.05, 0.1) is 5.57 Å². The number of hydrogen-bond acceptors (Lipinski definition) is 5. The number of nitrogens with one attached hydrogen (secondary N) is 2. The average Bonchev–Trinajstić information content (AvgIpc) is 3.27. The van der Waals surface area contributed by atoms with Gasteiger partial charge in [-0.25, -0.2) is 4.68 Å². The number of aromatic nitrogens is 3. The van der Waals surface area contributed by atoms with Crippen molar-refractivity contribution >= 4 is 40.9 Å². The van der Waals surface area contributed by atoms with Crippen LogP contribution in [-0.2, 0) is 10.5 Å². The molecule has 1 aromatic heterocycles. The third-order valence-corrected chi connectivity index (χ3v) is 7.30. The zero-order valence-corrected chi connectivity index (χ0v) is 21.8. The highest BCUT2D eigenvalue weighted by atomic mass is 35.5. The van der Waals surface area contributed by atoms with Crippen molar-refractivity contribution in [2.75, 3.05) is 10.6 Å². The number of carbonyl (C=O) groups excluding carboxylic acids is 1. The van der Waals surface area contributed by atoms with Crippen molar-refractivity contribution in [3.05, 3.63) is 111 Å². The molecule has 3 aromatic carbocycles. The summed E-state index contributed by atoms with van der Waals surface area (Å²) in [6.07, 6.45) is 0. The molecule has 0 saturated heterocycles. The van der Waals surface area contributed by atoms with Crippen molar-refractivity contribution in [3.8, 4) is 0 Å². The van der Waals surface area contributed by atoms with Crippen LogP contribution >= 0.6 is 23.4 Å². The van der Waals surface area contributed by atoms with Crippen molar-refractivity contribution < 1.29 is 4.79 Å². The van der Waals surface area contributed by atoms with Crippen molar-refractivity contribution in [3.63, 3.8) is 0 Å². The normalized spacial score (nSPS) is 14.8. The van der Waals surface area contributed by atoms with Gasteiger partial charge in [-0.2, -0.15) is 4.98 Å². The highest BCUT2D eigenvalue weighted by Crippen LogP contribution is 2.37.